The van der Waals surface area contributed by atoms with Gasteiger partial charge in [-0.15, -0.1) is 0 Å². The highest BCUT2D eigenvalue weighted by Gasteiger charge is 2.13. The number of carbonyl (C=O) groups is 2. The number of aryl methyl sites for hydroxylation is 1. The smallest absolute Gasteiger partial charge is 0.343 e. The Bertz CT molecular complexity index is 1110. The molecule has 0 spiro atoms. The number of hydrazone groups is 1. The van der Waals surface area contributed by atoms with Crippen molar-refractivity contribution in [3.8, 4) is 11.5 Å². The van der Waals surface area contributed by atoms with Gasteiger partial charge in [-0.1, -0.05) is 29.3 Å². The van der Waals surface area contributed by atoms with Crippen LogP contribution in [0.3, 0.4) is 0 Å². The molecule has 7 heteroatoms. The molecule has 3 rings (SSSR count). The maximum atomic E-state index is 12.5. The first-order chi connectivity index (χ1) is 15.0. The third-order valence-corrected chi connectivity index (χ3v) is 4.46. The molecule has 3 aromatic carbocycles. The van der Waals surface area contributed by atoms with Crippen molar-refractivity contribution in [3.63, 3.8) is 0 Å². The highest BCUT2D eigenvalue weighted by Crippen LogP contribution is 2.29. The molecule has 0 saturated carbocycles. The highest BCUT2D eigenvalue weighted by atomic mass is 35.5. The summed E-state index contributed by atoms with van der Waals surface area (Å²) in [5, 5.41) is 4.52. The Morgan fingerprint density at radius 1 is 1.00 bits per heavy atom. The lowest BCUT2D eigenvalue weighted by atomic mass is 10.1. The number of hydrogen-bond acceptors (Lipinski definition) is 5. The normalized spacial score (nSPS) is 10.7. The third-order valence-electron chi connectivity index (χ3n) is 4.21. The third kappa shape index (κ3) is 6.17. The van der Waals surface area contributed by atoms with Gasteiger partial charge < -0.3 is 9.47 Å². The van der Waals surface area contributed by atoms with Crippen molar-refractivity contribution in [1.82, 2.24) is 5.43 Å². The molecule has 0 heterocycles. The van der Waals surface area contributed by atoms with Gasteiger partial charge in [0, 0.05) is 10.6 Å². The van der Waals surface area contributed by atoms with Gasteiger partial charge in [-0.2, -0.15) is 5.10 Å². The Kier molecular flexibility index (Phi) is 7.40. The molecule has 0 saturated heterocycles. The maximum Gasteiger partial charge on any atom is 0.343 e. The Morgan fingerprint density at radius 2 is 1.77 bits per heavy atom. The van der Waals surface area contributed by atoms with Crippen LogP contribution in [0.15, 0.2) is 71.8 Å². The molecule has 0 radical (unpaired) electrons. The van der Waals surface area contributed by atoms with E-state index < -0.39 is 5.97 Å². The van der Waals surface area contributed by atoms with E-state index >= 15 is 0 Å². The SMILES string of the molecule is CCOc1cc(/C=N/NC(=O)c2ccc(Cl)cc2)ccc1OC(=O)c1cccc(C)c1. The summed E-state index contributed by atoms with van der Waals surface area (Å²) in [5.41, 5.74) is 4.98. The lowest BCUT2D eigenvalue weighted by Crippen LogP contribution is -2.17. The molecule has 0 aromatic heterocycles. The lowest BCUT2D eigenvalue weighted by molar-refractivity contribution is 0.0728. The minimum Gasteiger partial charge on any atom is -0.490 e. The van der Waals surface area contributed by atoms with E-state index in [1.54, 1.807) is 60.7 Å². The van der Waals surface area contributed by atoms with Crippen LogP contribution >= 0.6 is 11.6 Å². The van der Waals surface area contributed by atoms with E-state index in [0.29, 0.717) is 39.8 Å². The molecule has 158 valence electrons. The molecular formula is C24H21ClN2O4. The minimum absolute atomic E-state index is 0.302. The van der Waals surface area contributed by atoms with Crippen molar-refractivity contribution in [2.24, 2.45) is 5.10 Å². The van der Waals surface area contributed by atoms with Gasteiger partial charge >= 0.3 is 5.97 Å². The fraction of sp³-hybridized carbons (Fsp3) is 0.125. The zero-order valence-corrected chi connectivity index (χ0v) is 17.8. The molecular weight excluding hydrogens is 416 g/mol. The Labute approximate surface area is 185 Å². The number of amides is 1. The van der Waals surface area contributed by atoms with Crippen LogP contribution in [0.4, 0.5) is 0 Å². The number of halogens is 1. The van der Waals surface area contributed by atoms with Crippen LogP contribution in [0.25, 0.3) is 0 Å². The van der Waals surface area contributed by atoms with E-state index in [0.717, 1.165) is 5.56 Å². The summed E-state index contributed by atoms with van der Waals surface area (Å²) in [5.74, 6) is -0.130. The fourth-order valence-corrected chi connectivity index (χ4v) is 2.85. The van der Waals surface area contributed by atoms with Gasteiger partial charge in [0.05, 0.1) is 18.4 Å². The molecule has 3 aromatic rings. The maximum absolute atomic E-state index is 12.5. The molecule has 0 atom stereocenters. The van der Waals surface area contributed by atoms with Crippen LogP contribution in [0.5, 0.6) is 11.5 Å². The second kappa shape index (κ2) is 10.4. The second-order valence-electron chi connectivity index (χ2n) is 6.60. The summed E-state index contributed by atoms with van der Waals surface area (Å²) in [6.07, 6.45) is 1.47. The van der Waals surface area contributed by atoms with Gasteiger partial charge in [0.25, 0.3) is 5.91 Å². The number of hydrogen-bond donors (Lipinski definition) is 1. The second-order valence-corrected chi connectivity index (χ2v) is 7.04. The standard InChI is InChI=1S/C24H21ClN2O4/c1-3-30-22-14-17(15-26-27-23(28)18-8-10-20(25)11-9-18)7-12-21(22)31-24(29)19-6-4-5-16(2)13-19/h4-15H,3H2,1-2H3,(H,27,28)/b26-15+. The topological polar surface area (TPSA) is 77.0 Å². The molecule has 1 amide bonds. The fourth-order valence-electron chi connectivity index (χ4n) is 2.72. The van der Waals surface area contributed by atoms with Crippen LogP contribution < -0.4 is 14.9 Å². The van der Waals surface area contributed by atoms with E-state index in [1.807, 2.05) is 19.9 Å². The number of esters is 1. The highest BCUT2D eigenvalue weighted by molar-refractivity contribution is 6.30. The molecule has 0 fully saturated rings. The first kappa shape index (κ1) is 22.1. The van der Waals surface area contributed by atoms with E-state index in [4.69, 9.17) is 21.1 Å². The lowest BCUT2D eigenvalue weighted by Gasteiger charge is -2.11. The summed E-state index contributed by atoms with van der Waals surface area (Å²) in [4.78, 5) is 24.6. The number of nitrogens with one attached hydrogen (secondary N) is 1. The Morgan fingerprint density at radius 3 is 2.48 bits per heavy atom. The summed E-state index contributed by atoms with van der Waals surface area (Å²) in [7, 11) is 0. The van der Waals surface area contributed by atoms with Crippen molar-refractivity contribution < 1.29 is 19.1 Å². The predicted molar refractivity (Wildman–Crippen MR) is 120 cm³/mol. The molecule has 1 N–H and O–H groups in total. The van der Waals surface area contributed by atoms with Crippen LogP contribution in [-0.4, -0.2) is 24.7 Å². The number of ether oxygens (including phenoxy) is 2. The van der Waals surface area contributed by atoms with Gasteiger partial charge in [0.1, 0.15) is 0 Å². The van der Waals surface area contributed by atoms with Gasteiger partial charge in [-0.25, -0.2) is 10.2 Å². The number of benzene rings is 3. The summed E-state index contributed by atoms with van der Waals surface area (Å²) < 4.78 is 11.1. The van der Waals surface area contributed by atoms with E-state index in [1.165, 1.54) is 6.21 Å². The zero-order chi connectivity index (χ0) is 22.2. The molecule has 0 bridgehead atoms. The van der Waals surface area contributed by atoms with Crippen LogP contribution in [0.1, 0.15) is 38.8 Å². The van der Waals surface area contributed by atoms with Crippen molar-refractivity contribution in [2.45, 2.75) is 13.8 Å². The van der Waals surface area contributed by atoms with E-state index in [9.17, 15) is 9.59 Å². The first-order valence-corrected chi connectivity index (χ1v) is 9.98. The van der Waals surface area contributed by atoms with E-state index in [2.05, 4.69) is 10.5 Å². The number of nitrogens with zero attached hydrogens (tertiary/aromatic N) is 1. The van der Waals surface area contributed by atoms with Crippen LogP contribution in [-0.2, 0) is 0 Å². The quantitative estimate of drug-likeness (QED) is 0.244. The zero-order valence-electron chi connectivity index (χ0n) is 17.1. The average Bonchev–Trinajstić information content (AvgIpc) is 2.76. The van der Waals surface area contributed by atoms with Crippen LogP contribution in [0.2, 0.25) is 5.02 Å². The monoisotopic (exact) mass is 436 g/mol. The molecule has 0 aliphatic carbocycles. The predicted octanol–water partition coefficient (Wildman–Crippen LogP) is 5.03. The molecule has 0 aliphatic heterocycles. The van der Waals surface area contributed by atoms with Crippen molar-refractivity contribution in [1.29, 1.82) is 0 Å². The Hall–Kier alpha value is -3.64. The van der Waals surface area contributed by atoms with Crippen molar-refractivity contribution in [2.75, 3.05) is 6.61 Å². The number of carbonyl (C=O) groups excluding carboxylic acids is 2. The molecule has 0 aliphatic rings. The minimum atomic E-state index is -0.471. The van der Waals surface area contributed by atoms with Gasteiger partial charge in [0.15, 0.2) is 11.5 Å². The Balaban J connectivity index is 1.70. The van der Waals surface area contributed by atoms with Gasteiger partial charge in [-0.3, -0.25) is 4.79 Å². The van der Waals surface area contributed by atoms with Crippen LogP contribution in [0, 0.1) is 6.92 Å². The number of rotatable bonds is 7. The molecule has 6 nitrogen and oxygen atoms in total. The van der Waals surface area contributed by atoms with Crippen molar-refractivity contribution in [3.05, 3.63) is 94.0 Å². The largest absolute Gasteiger partial charge is 0.490 e. The average molecular weight is 437 g/mol. The first-order valence-electron chi connectivity index (χ1n) is 9.61. The summed E-state index contributed by atoms with van der Waals surface area (Å²) >= 11 is 5.82. The molecule has 0 unspecified atom stereocenters. The molecule has 31 heavy (non-hydrogen) atoms. The van der Waals surface area contributed by atoms with Crippen molar-refractivity contribution >= 4 is 29.7 Å². The summed E-state index contributed by atoms with van der Waals surface area (Å²) in [6, 6.07) is 18.6. The van der Waals surface area contributed by atoms with Gasteiger partial charge in [0.2, 0.25) is 0 Å². The van der Waals surface area contributed by atoms with E-state index in [-0.39, 0.29) is 5.91 Å². The summed E-state index contributed by atoms with van der Waals surface area (Å²) in [6.45, 7) is 4.13. The van der Waals surface area contributed by atoms with Gasteiger partial charge in [-0.05, 0) is 74.0 Å².